The summed E-state index contributed by atoms with van der Waals surface area (Å²) >= 11 is 0. The average molecular weight is 361 g/mol. The van der Waals surface area contributed by atoms with Crippen LogP contribution in [0.4, 0.5) is 5.69 Å². The van der Waals surface area contributed by atoms with Crippen molar-refractivity contribution in [1.29, 1.82) is 0 Å². The maximum atomic E-state index is 12.3. The summed E-state index contributed by atoms with van der Waals surface area (Å²) in [7, 11) is 3.36. The smallest absolute Gasteiger partial charge is 0.238 e. The van der Waals surface area contributed by atoms with Crippen molar-refractivity contribution in [3.8, 4) is 5.75 Å². The molecule has 1 saturated carbocycles. The highest BCUT2D eigenvalue weighted by atomic mass is 16.5. The Morgan fingerprint density at radius 1 is 1.19 bits per heavy atom. The number of methoxy groups -OCH3 is 1. The maximum absolute atomic E-state index is 12.3. The van der Waals surface area contributed by atoms with Crippen LogP contribution in [-0.2, 0) is 9.59 Å². The lowest BCUT2D eigenvalue weighted by Gasteiger charge is -2.34. The van der Waals surface area contributed by atoms with E-state index >= 15 is 0 Å². The molecule has 6 nitrogen and oxygen atoms in total. The molecule has 26 heavy (non-hydrogen) atoms. The molecule has 144 valence electrons. The molecule has 3 atom stereocenters. The number of carbonyl (C=O) groups is 2. The number of ether oxygens (including phenoxy) is 1. The zero-order valence-electron chi connectivity index (χ0n) is 16.2. The lowest BCUT2D eigenvalue weighted by molar-refractivity contribution is -0.124. The molecule has 0 radical (unpaired) electrons. The van der Waals surface area contributed by atoms with Crippen LogP contribution in [0.25, 0.3) is 0 Å². The summed E-state index contributed by atoms with van der Waals surface area (Å²) in [4.78, 5) is 26.2. The van der Waals surface area contributed by atoms with Gasteiger partial charge >= 0.3 is 0 Å². The predicted octanol–water partition coefficient (Wildman–Crippen LogP) is 2.51. The fourth-order valence-electron chi connectivity index (χ4n) is 3.49. The van der Waals surface area contributed by atoms with Gasteiger partial charge < -0.3 is 15.4 Å². The highest BCUT2D eigenvalue weighted by Crippen LogP contribution is 2.29. The molecule has 1 aliphatic carbocycles. The van der Waals surface area contributed by atoms with E-state index in [1.165, 1.54) is 6.42 Å². The van der Waals surface area contributed by atoms with Gasteiger partial charge in [-0.15, -0.1) is 0 Å². The molecule has 0 heterocycles. The Balaban J connectivity index is 1.77. The largest absolute Gasteiger partial charge is 0.497 e. The minimum atomic E-state index is -0.159. The van der Waals surface area contributed by atoms with Crippen molar-refractivity contribution in [2.45, 2.75) is 39.2 Å². The van der Waals surface area contributed by atoms with Crippen LogP contribution < -0.4 is 15.4 Å². The van der Waals surface area contributed by atoms with E-state index in [1.807, 2.05) is 12.1 Å². The van der Waals surface area contributed by atoms with Gasteiger partial charge in [0.25, 0.3) is 0 Å². The monoisotopic (exact) mass is 361 g/mol. The third-order valence-corrected chi connectivity index (χ3v) is 5.23. The molecular weight excluding hydrogens is 330 g/mol. The number of likely N-dealkylation sites (N-methyl/N-ethyl adjacent to an activating group) is 1. The third-order valence-electron chi connectivity index (χ3n) is 5.23. The van der Waals surface area contributed by atoms with Gasteiger partial charge in [-0.1, -0.05) is 32.8 Å². The van der Waals surface area contributed by atoms with E-state index in [-0.39, 0.29) is 30.9 Å². The minimum absolute atomic E-state index is 0.0207. The highest BCUT2D eigenvalue weighted by Gasteiger charge is 2.28. The summed E-state index contributed by atoms with van der Waals surface area (Å²) in [6.07, 6.45) is 3.43. The molecule has 2 rings (SSSR count). The zero-order chi connectivity index (χ0) is 19.1. The van der Waals surface area contributed by atoms with Crippen LogP contribution in [0.2, 0.25) is 0 Å². The van der Waals surface area contributed by atoms with Crippen molar-refractivity contribution in [2.24, 2.45) is 11.8 Å². The molecule has 1 aromatic carbocycles. The Morgan fingerprint density at radius 3 is 2.65 bits per heavy atom. The van der Waals surface area contributed by atoms with Crippen molar-refractivity contribution in [3.63, 3.8) is 0 Å². The van der Waals surface area contributed by atoms with Crippen molar-refractivity contribution in [2.75, 3.05) is 32.6 Å². The van der Waals surface area contributed by atoms with Crippen LogP contribution >= 0.6 is 0 Å². The normalized spacial score (nSPS) is 22.7. The van der Waals surface area contributed by atoms with Crippen LogP contribution in [0, 0.1) is 11.8 Å². The first-order chi connectivity index (χ1) is 12.4. The Hall–Kier alpha value is -2.08. The van der Waals surface area contributed by atoms with Crippen LogP contribution in [-0.4, -0.2) is 50.0 Å². The number of amides is 2. The lowest BCUT2D eigenvalue weighted by atomic mass is 9.78. The molecule has 0 saturated heterocycles. The minimum Gasteiger partial charge on any atom is -0.497 e. The van der Waals surface area contributed by atoms with Gasteiger partial charge in [-0.25, -0.2) is 0 Å². The summed E-state index contributed by atoms with van der Waals surface area (Å²) in [6, 6.07) is 7.44. The second-order valence-corrected chi connectivity index (χ2v) is 7.39. The summed E-state index contributed by atoms with van der Waals surface area (Å²) in [6.45, 7) is 4.82. The van der Waals surface area contributed by atoms with Gasteiger partial charge in [0.2, 0.25) is 11.8 Å². The standard InChI is InChI=1S/C20H31N3O3/c1-14-7-5-10-18(15(14)2)22-20(25)13-23(3)12-19(24)21-16-8-6-9-17(11-16)26-4/h6,8-9,11,14-15,18H,5,7,10,12-13H2,1-4H3,(H,21,24)(H,22,25)/t14-,15+,18-/m1/s1. The van der Waals surface area contributed by atoms with E-state index < -0.39 is 0 Å². The number of anilines is 1. The Labute approximate surface area is 156 Å². The van der Waals surface area contributed by atoms with Gasteiger partial charge in [0.1, 0.15) is 5.75 Å². The van der Waals surface area contributed by atoms with Crippen LogP contribution in [0.1, 0.15) is 33.1 Å². The van der Waals surface area contributed by atoms with Crippen molar-refractivity contribution in [1.82, 2.24) is 10.2 Å². The van der Waals surface area contributed by atoms with E-state index in [1.54, 1.807) is 31.2 Å². The maximum Gasteiger partial charge on any atom is 0.238 e. The first-order valence-electron chi connectivity index (χ1n) is 9.31. The number of hydrogen-bond acceptors (Lipinski definition) is 4. The third kappa shape index (κ3) is 6.02. The number of nitrogens with zero attached hydrogens (tertiary/aromatic N) is 1. The van der Waals surface area contributed by atoms with Crippen LogP contribution in [0.15, 0.2) is 24.3 Å². The molecule has 0 aromatic heterocycles. The Bertz CT molecular complexity index is 620. The quantitative estimate of drug-likeness (QED) is 0.783. The molecule has 6 heteroatoms. The molecule has 2 N–H and O–H groups in total. The molecule has 0 spiro atoms. The molecule has 2 amide bonds. The number of benzene rings is 1. The first-order valence-corrected chi connectivity index (χ1v) is 9.31. The van der Waals surface area contributed by atoms with Crippen LogP contribution in [0.3, 0.4) is 0 Å². The van der Waals surface area contributed by atoms with Crippen molar-refractivity contribution < 1.29 is 14.3 Å². The van der Waals surface area contributed by atoms with Gasteiger partial charge in [0.05, 0.1) is 20.2 Å². The molecule has 1 aromatic rings. The fraction of sp³-hybridized carbons (Fsp3) is 0.600. The topological polar surface area (TPSA) is 70.7 Å². The van der Waals surface area contributed by atoms with Crippen molar-refractivity contribution in [3.05, 3.63) is 24.3 Å². The Morgan fingerprint density at radius 2 is 1.92 bits per heavy atom. The summed E-state index contributed by atoms with van der Waals surface area (Å²) in [5, 5.41) is 5.96. The van der Waals surface area contributed by atoms with Gasteiger partial charge in [-0.3, -0.25) is 14.5 Å². The number of carbonyl (C=O) groups excluding carboxylic acids is 2. The van der Waals surface area contributed by atoms with E-state index in [0.717, 1.165) is 12.8 Å². The summed E-state index contributed by atoms with van der Waals surface area (Å²) in [5.41, 5.74) is 0.678. The van der Waals surface area contributed by atoms with E-state index in [2.05, 4.69) is 24.5 Å². The first kappa shape index (κ1) is 20.2. The van der Waals surface area contributed by atoms with E-state index in [9.17, 15) is 9.59 Å². The number of rotatable bonds is 7. The van der Waals surface area contributed by atoms with Gasteiger partial charge in [0, 0.05) is 17.8 Å². The average Bonchev–Trinajstić information content (AvgIpc) is 2.58. The fourth-order valence-corrected chi connectivity index (χ4v) is 3.49. The van der Waals surface area contributed by atoms with Crippen molar-refractivity contribution >= 4 is 17.5 Å². The summed E-state index contributed by atoms with van der Waals surface area (Å²) < 4.78 is 5.14. The second-order valence-electron chi connectivity index (χ2n) is 7.39. The molecule has 1 fully saturated rings. The Kier molecular flexibility index (Phi) is 7.45. The SMILES string of the molecule is COc1cccc(NC(=O)CN(C)CC(=O)N[C@@H]2CCC[C@@H](C)[C@@H]2C)c1. The number of nitrogens with one attached hydrogen (secondary N) is 2. The van der Waals surface area contributed by atoms with E-state index in [4.69, 9.17) is 4.74 Å². The van der Waals surface area contributed by atoms with E-state index in [0.29, 0.717) is 23.3 Å². The van der Waals surface area contributed by atoms with Gasteiger partial charge in [0.15, 0.2) is 0 Å². The van der Waals surface area contributed by atoms with Crippen LogP contribution in [0.5, 0.6) is 5.75 Å². The van der Waals surface area contributed by atoms with Gasteiger partial charge in [-0.2, -0.15) is 0 Å². The number of hydrogen-bond donors (Lipinski definition) is 2. The molecule has 0 aliphatic heterocycles. The second kappa shape index (κ2) is 9.57. The lowest BCUT2D eigenvalue weighted by Crippen LogP contribution is -2.47. The zero-order valence-corrected chi connectivity index (χ0v) is 16.2. The predicted molar refractivity (Wildman–Crippen MR) is 103 cm³/mol. The highest BCUT2D eigenvalue weighted by molar-refractivity contribution is 5.92. The summed E-state index contributed by atoms with van der Waals surface area (Å²) in [5.74, 6) is 1.64. The molecule has 0 bridgehead atoms. The molecule has 0 unspecified atom stereocenters. The molecular formula is C20H31N3O3. The van der Waals surface area contributed by atoms with Gasteiger partial charge in [-0.05, 0) is 37.4 Å². The molecule has 1 aliphatic rings.